The zero-order valence-corrected chi connectivity index (χ0v) is 10.4. The van der Waals surface area contributed by atoms with E-state index >= 15 is 0 Å². The maximum atomic E-state index is 12.9. The number of hydrogen-bond donors (Lipinski definition) is 1. The van der Waals surface area contributed by atoms with Crippen LogP contribution in [0.25, 0.3) is 0 Å². The van der Waals surface area contributed by atoms with E-state index in [9.17, 15) is 8.60 Å². The molecule has 90 valence electrons. The molecule has 0 aliphatic carbocycles. The molecule has 0 aliphatic rings. The van der Waals surface area contributed by atoms with E-state index in [1.54, 1.807) is 0 Å². The van der Waals surface area contributed by atoms with E-state index in [-0.39, 0.29) is 16.8 Å². The van der Waals surface area contributed by atoms with Crippen molar-refractivity contribution in [3.05, 3.63) is 29.0 Å². The molecule has 2 N–H and O–H groups in total. The first-order valence-electron chi connectivity index (χ1n) is 4.62. The number of ether oxygens (including phenoxy) is 1. The molecule has 6 heteroatoms. The Morgan fingerprint density at radius 1 is 1.62 bits per heavy atom. The average Bonchev–Trinajstić information content (AvgIpc) is 2.22. The molecule has 0 spiro atoms. The van der Waals surface area contributed by atoms with Gasteiger partial charge in [0.15, 0.2) is 0 Å². The predicted molar refractivity (Wildman–Crippen MR) is 62.5 cm³/mol. The summed E-state index contributed by atoms with van der Waals surface area (Å²) in [7, 11) is 0.236. The van der Waals surface area contributed by atoms with Gasteiger partial charge in [0, 0.05) is 23.8 Å². The third-order valence-electron chi connectivity index (χ3n) is 1.90. The first-order chi connectivity index (χ1) is 7.54. The van der Waals surface area contributed by atoms with Gasteiger partial charge in [-0.2, -0.15) is 0 Å². The summed E-state index contributed by atoms with van der Waals surface area (Å²) < 4.78 is 29.5. The predicted octanol–water partition coefficient (Wildman–Crippen LogP) is 1.56. The van der Waals surface area contributed by atoms with Crippen molar-refractivity contribution in [3.63, 3.8) is 0 Å². The molecule has 2 atom stereocenters. The first-order valence-corrected chi connectivity index (χ1v) is 6.32. The van der Waals surface area contributed by atoms with Gasteiger partial charge in [0.1, 0.15) is 5.82 Å². The lowest BCUT2D eigenvalue weighted by Crippen LogP contribution is -2.31. The normalized spacial score (nSPS) is 14.8. The van der Waals surface area contributed by atoms with Crippen molar-refractivity contribution in [2.24, 2.45) is 5.73 Å². The Balaban J connectivity index is 2.69. The summed E-state index contributed by atoms with van der Waals surface area (Å²) in [5.74, 6) is -0.265. The average molecular weight is 266 g/mol. The lowest BCUT2D eigenvalue weighted by atomic mass is 10.3. The lowest BCUT2D eigenvalue weighted by Gasteiger charge is -2.10. The summed E-state index contributed by atoms with van der Waals surface area (Å²) in [6.07, 6.45) is 0. The topological polar surface area (TPSA) is 52.3 Å². The van der Waals surface area contributed by atoms with Gasteiger partial charge < -0.3 is 10.5 Å². The first kappa shape index (κ1) is 13.6. The molecule has 1 aromatic rings. The van der Waals surface area contributed by atoms with E-state index in [0.29, 0.717) is 11.5 Å². The number of methoxy groups -OCH3 is 1. The van der Waals surface area contributed by atoms with Crippen molar-refractivity contribution in [2.45, 2.75) is 10.9 Å². The molecule has 16 heavy (non-hydrogen) atoms. The highest BCUT2D eigenvalue weighted by Gasteiger charge is 2.11. The Kier molecular flexibility index (Phi) is 5.34. The summed E-state index contributed by atoms with van der Waals surface area (Å²) in [6, 6.07) is 3.68. The number of hydrogen-bond acceptors (Lipinski definition) is 3. The van der Waals surface area contributed by atoms with Gasteiger partial charge in [-0.1, -0.05) is 11.6 Å². The summed E-state index contributed by atoms with van der Waals surface area (Å²) in [5.41, 5.74) is 5.67. The quantitative estimate of drug-likeness (QED) is 0.879. The molecule has 0 aromatic heterocycles. The fraction of sp³-hybridized carbons (Fsp3) is 0.400. The van der Waals surface area contributed by atoms with Crippen molar-refractivity contribution >= 4 is 22.4 Å². The van der Waals surface area contributed by atoms with Crippen LogP contribution in [0.3, 0.4) is 0 Å². The van der Waals surface area contributed by atoms with Gasteiger partial charge in [0.2, 0.25) is 0 Å². The maximum Gasteiger partial charge on any atom is 0.141 e. The zero-order chi connectivity index (χ0) is 12.1. The Morgan fingerprint density at radius 2 is 2.31 bits per heavy atom. The minimum Gasteiger partial charge on any atom is -0.383 e. The van der Waals surface area contributed by atoms with Crippen molar-refractivity contribution < 1.29 is 13.3 Å². The van der Waals surface area contributed by atoms with Gasteiger partial charge in [-0.3, -0.25) is 4.21 Å². The fourth-order valence-electron chi connectivity index (χ4n) is 1.17. The molecule has 0 amide bonds. The van der Waals surface area contributed by atoms with E-state index in [0.717, 1.165) is 0 Å². The highest BCUT2D eigenvalue weighted by molar-refractivity contribution is 7.85. The van der Waals surface area contributed by atoms with E-state index in [4.69, 9.17) is 22.1 Å². The monoisotopic (exact) mass is 265 g/mol. The van der Waals surface area contributed by atoms with Crippen LogP contribution in [-0.2, 0) is 15.5 Å². The molecule has 0 saturated heterocycles. The molecule has 1 rings (SSSR count). The largest absolute Gasteiger partial charge is 0.383 e. The zero-order valence-electron chi connectivity index (χ0n) is 8.78. The van der Waals surface area contributed by atoms with Crippen molar-refractivity contribution in [3.8, 4) is 0 Å². The van der Waals surface area contributed by atoms with Crippen LogP contribution in [0, 0.1) is 5.82 Å². The Bertz CT molecular complexity index is 389. The molecule has 2 unspecified atom stereocenters. The second-order valence-corrected chi connectivity index (χ2v) is 5.21. The molecular formula is C10H13ClFNO2S. The van der Waals surface area contributed by atoms with Crippen LogP contribution in [0.4, 0.5) is 4.39 Å². The third kappa shape index (κ3) is 3.83. The van der Waals surface area contributed by atoms with Gasteiger partial charge in [-0.05, 0) is 18.2 Å². The van der Waals surface area contributed by atoms with Crippen molar-refractivity contribution in [2.75, 3.05) is 19.5 Å². The molecule has 1 aromatic carbocycles. The molecule has 0 heterocycles. The van der Waals surface area contributed by atoms with E-state index in [2.05, 4.69) is 0 Å². The van der Waals surface area contributed by atoms with Crippen molar-refractivity contribution in [1.29, 1.82) is 0 Å². The number of benzene rings is 1. The Labute approximate surface area is 101 Å². The van der Waals surface area contributed by atoms with E-state index < -0.39 is 16.6 Å². The smallest absolute Gasteiger partial charge is 0.141 e. The van der Waals surface area contributed by atoms with Crippen LogP contribution >= 0.6 is 11.6 Å². The fourth-order valence-corrected chi connectivity index (χ4v) is 2.56. The summed E-state index contributed by atoms with van der Waals surface area (Å²) in [5, 5.41) is -0.0360. The molecule has 0 bridgehead atoms. The third-order valence-corrected chi connectivity index (χ3v) is 3.70. The minimum atomic E-state index is -1.29. The van der Waals surface area contributed by atoms with Gasteiger partial charge in [0.05, 0.1) is 22.4 Å². The minimum absolute atomic E-state index is 0.0360. The number of rotatable bonds is 5. The van der Waals surface area contributed by atoms with Gasteiger partial charge >= 0.3 is 0 Å². The molecule has 0 fully saturated rings. The van der Waals surface area contributed by atoms with E-state index in [1.807, 2.05) is 0 Å². The van der Waals surface area contributed by atoms with Crippen molar-refractivity contribution in [1.82, 2.24) is 0 Å². The SMILES string of the molecule is COCC(N)CS(=O)c1ccc(F)c(Cl)c1. The maximum absolute atomic E-state index is 12.9. The lowest BCUT2D eigenvalue weighted by molar-refractivity contribution is 0.186. The Morgan fingerprint density at radius 3 is 2.88 bits per heavy atom. The Hall–Kier alpha value is -0.490. The van der Waals surface area contributed by atoms with Crippen LogP contribution in [0.15, 0.2) is 23.1 Å². The number of nitrogens with two attached hydrogens (primary N) is 1. The highest BCUT2D eigenvalue weighted by Crippen LogP contribution is 2.18. The van der Waals surface area contributed by atoms with Crippen LogP contribution in [-0.4, -0.2) is 29.7 Å². The van der Waals surface area contributed by atoms with Crippen LogP contribution in [0.2, 0.25) is 5.02 Å². The van der Waals surface area contributed by atoms with Crippen LogP contribution in [0.5, 0.6) is 0 Å². The highest BCUT2D eigenvalue weighted by atomic mass is 35.5. The molecule has 0 aliphatic heterocycles. The van der Waals surface area contributed by atoms with Crippen LogP contribution in [0.1, 0.15) is 0 Å². The summed E-state index contributed by atoms with van der Waals surface area (Å²) >= 11 is 5.59. The van der Waals surface area contributed by atoms with E-state index in [1.165, 1.54) is 25.3 Å². The number of halogens is 2. The second-order valence-electron chi connectivity index (χ2n) is 3.30. The van der Waals surface area contributed by atoms with Crippen LogP contribution < -0.4 is 5.73 Å². The second kappa shape index (κ2) is 6.30. The van der Waals surface area contributed by atoms with Gasteiger partial charge in [-0.25, -0.2) is 4.39 Å². The standard InChI is InChI=1S/C10H13ClFNO2S/c1-15-5-7(13)6-16(14)8-2-3-10(12)9(11)4-8/h2-4,7H,5-6,13H2,1H3. The van der Waals surface area contributed by atoms with Gasteiger partial charge in [-0.15, -0.1) is 0 Å². The van der Waals surface area contributed by atoms with Gasteiger partial charge in [0.25, 0.3) is 0 Å². The molecule has 0 radical (unpaired) electrons. The summed E-state index contributed by atoms with van der Waals surface area (Å²) in [6.45, 7) is 0.334. The molecule has 0 saturated carbocycles. The molecule has 3 nitrogen and oxygen atoms in total. The summed E-state index contributed by atoms with van der Waals surface area (Å²) in [4.78, 5) is 0.470. The molecular weight excluding hydrogens is 253 g/mol.